The molecule has 0 spiro atoms. The van der Waals surface area contributed by atoms with Crippen molar-refractivity contribution >= 4 is 33.8 Å². The highest BCUT2D eigenvalue weighted by Gasteiger charge is 2.05. The molecule has 0 saturated heterocycles. The van der Waals surface area contributed by atoms with Gasteiger partial charge in [0.05, 0.1) is 11.2 Å². The standard InChI is InChI=1S/C21H17N2.HI/c1-23-14-12-16(13-15-23)10-11-21-19-7-3-2-6-17(19)18-8-4-5-9-20(18)22-21;/h2-15H,1H3;1H/q+1;/p-1/b11-10+;. The minimum absolute atomic E-state index is 0. The minimum Gasteiger partial charge on any atom is -1.00 e. The van der Waals surface area contributed by atoms with Gasteiger partial charge in [-0.1, -0.05) is 48.5 Å². The predicted molar refractivity (Wildman–Crippen MR) is 95.8 cm³/mol. The van der Waals surface area contributed by atoms with E-state index < -0.39 is 0 Å². The van der Waals surface area contributed by atoms with Crippen molar-refractivity contribution < 1.29 is 28.5 Å². The first-order valence-corrected chi connectivity index (χ1v) is 7.72. The molecule has 0 radical (unpaired) electrons. The second kappa shape index (κ2) is 7.09. The Balaban J connectivity index is 0.00000169. The number of rotatable bonds is 2. The van der Waals surface area contributed by atoms with Crippen LogP contribution in [0.1, 0.15) is 11.3 Å². The molecule has 2 heterocycles. The molecule has 0 fully saturated rings. The molecule has 0 amide bonds. The van der Waals surface area contributed by atoms with Gasteiger partial charge in [-0.2, -0.15) is 0 Å². The maximum Gasteiger partial charge on any atom is 0.169 e. The third-order valence-electron chi connectivity index (χ3n) is 4.08. The van der Waals surface area contributed by atoms with Crippen LogP contribution in [0.5, 0.6) is 0 Å². The van der Waals surface area contributed by atoms with Gasteiger partial charge in [-0.25, -0.2) is 9.55 Å². The average Bonchev–Trinajstić information content (AvgIpc) is 2.61. The topological polar surface area (TPSA) is 16.8 Å². The number of para-hydroxylation sites is 1. The third kappa shape index (κ3) is 3.17. The van der Waals surface area contributed by atoms with E-state index in [1.54, 1.807) is 0 Å². The first-order chi connectivity index (χ1) is 11.3. The summed E-state index contributed by atoms with van der Waals surface area (Å²) in [5, 5.41) is 3.63. The number of halogens is 1. The Morgan fingerprint density at radius 3 is 2.12 bits per heavy atom. The first kappa shape index (κ1) is 16.6. The number of aryl methyl sites for hydroxylation is 1. The van der Waals surface area contributed by atoms with Gasteiger partial charge in [0.25, 0.3) is 0 Å². The van der Waals surface area contributed by atoms with Crippen molar-refractivity contribution in [1.29, 1.82) is 0 Å². The molecular formula is C21H17IN2. The fourth-order valence-corrected chi connectivity index (χ4v) is 2.86. The van der Waals surface area contributed by atoms with Gasteiger partial charge in [0, 0.05) is 22.9 Å². The Hall–Kier alpha value is -2.27. The molecule has 0 aliphatic carbocycles. The molecule has 0 bridgehead atoms. The molecule has 3 heteroatoms. The minimum atomic E-state index is 0. The number of aromatic nitrogens is 2. The van der Waals surface area contributed by atoms with Crippen LogP contribution in [0.25, 0.3) is 33.8 Å². The summed E-state index contributed by atoms with van der Waals surface area (Å²) < 4.78 is 2.03. The third-order valence-corrected chi connectivity index (χ3v) is 4.08. The van der Waals surface area contributed by atoms with E-state index >= 15 is 0 Å². The van der Waals surface area contributed by atoms with E-state index in [2.05, 4.69) is 66.7 Å². The van der Waals surface area contributed by atoms with Crippen molar-refractivity contribution in [3.63, 3.8) is 0 Å². The van der Waals surface area contributed by atoms with E-state index in [0.29, 0.717) is 0 Å². The number of benzene rings is 2. The Bertz CT molecular complexity index is 1020. The van der Waals surface area contributed by atoms with E-state index in [1.165, 1.54) is 21.7 Å². The summed E-state index contributed by atoms with van der Waals surface area (Å²) in [7, 11) is 2.02. The highest BCUT2D eigenvalue weighted by molar-refractivity contribution is 6.08. The van der Waals surface area contributed by atoms with E-state index in [-0.39, 0.29) is 24.0 Å². The molecule has 0 unspecified atom stereocenters. The van der Waals surface area contributed by atoms with Crippen LogP contribution >= 0.6 is 0 Å². The van der Waals surface area contributed by atoms with Crippen LogP contribution in [0.2, 0.25) is 0 Å². The van der Waals surface area contributed by atoms with Gasteiger partial charge in [0.2, 0.25) is 0 Å². The molecule has 0 aliphatic rings. The molecule has 2 nitrogen and oxygen atoms in total. The van der Waals surface area contributed by atoms with Crippen LogP contribution in [0.4, 0.5) is 0 Å². The first-order valence-electron chi connectivity index (χ1n) is 7.72. The van der Waals surface area contributed by atoms with Gasteiger partial charge in [-0.05, 0) is 23.1 Å². The van der Waals surface area contributed by atoms with Crippen LogP contribution in [-0.4, -0.2) is 4.98 Å². The lowest BCUT2D eigenvalue weighted by atomic mass is 10.0. The predicted octanol–water partition coefficient (Wildman–Crippen LogP) is 1.39. The molecule has 0 atom stereocenters. The molecule has 2 aromatic heterocycles. The number of fused-ring (bicyclic) bond motifs is 3. The van der Waals surface area contributed by atoms with Crippen molar-refractivity contribution in [3.8, 4) is 0 Å². The SMILES string of the molecule is C[n+]1ccc(/C=C/c2nc3ccccc3c3ccccc23)cc1.[I-]. The van der Waals surface area contributed by atoms with Crippen LogP contribution in [-0.2, 0) is 7.05 Å². The molecule has 0 aliphatic heterocycles. The highest BCUT2D eigenvalue weighted by atomic mass is 127. The van der Waals surface area contributed by atoms with Crippen LogP contribution in [0, 0.1) is 0 Å². The van der Waals surface area contributed by atoms with Crippen LogP contribution < -0.4 is 28.5 Å². The van der Waals surface area contributed by atoms with Gasteiger partial charge in [0.15, 0.2) is 12.4 Å². The van der Waals surface area contributed by atoms with Crippen molar-refractivity contribution in [2.45, 2.75) is 0 Å². The summed E-state index contributed by atoms with van der Waals surface area (Å²) in [6, 6.07) is 21.0. The molecule has 24 heavy (non-hydrogen) atoms. The summed E-state index contributed by atoms with van der Waals surface area (Å²) in [5.41, 5.74) is 3.21. The summed E-state index contributed by atoms with van der Waals surface area (Å²) in [6.45, 7) is 0. The summed E-state index contributed by atoms with van der Waals surface area (Å²) in [5.74, 6) is 0. The Kier molecular flexibility index (Phi) is 4.90. The highest BCUT2D eigenvalue weighted by Crippen LogP contribution is 2.27. The zero-order valence-electron chi connectivity index (χ0n) is 13.4. The van der Waals surface area contributed by atoms with Gasteiger partial charge in [-0.15, -0.1) is 0 Å². The molecule has 118 valence electrons. The maximum absolute atomic E-state index is 4.84. The zero-order chi connectivity index (χ0) is 15.6. The van der Waals surface area contributed by atoms with E-state index in [1.807, 2.05) is 30.1 Å². The number of hydrogen-bond acceptors (Lipinski definition) is 1. The number of nitrogens with zero attached hydrogens (tertiary/aromatic N) is 2. The van der Waals surface area contributed by atoms with Gasteiger partial charge in [-0.3, -0.25) is 0 Å². The number of pyridine rings is 2. The van der Waals surface area contributed by atoms with Gasteiger partial charge < -0.3 is 24.0 Å². The van der Waals surface area contributed by atoms with E-state index in [9.17, 15) is 0 Å². The summed E-state index contributed by atoms with van der Waals surface area (Å²) in [4.78, 5) is 4.84. The smallest absolute Gasteiger partial charge is 0.169 e. The van der Waals surface area contributed by atoms with Gasteiger partial charge >= 0.3 is 0 Å². The summed E-state index contributed by atoms with van der Waals surface area (Å²) >= 11 is 0. The molecule has 2 aromatic carbocycles. The lowest BCUT2D eigenvalue weighted by molar-refractivity contribution is -0.671. The zero-order valence-corrected chi connectivity index (χ0v) is 15.5. The number of hydrogen-bond donors (Lipinski definition) is 0. The van der Waals surface area contributed by atoms with Crippen molar-refractivity contribution in [2.24, 2.45) is 7.05 Å². The van der Waals surface area contributed by atoms with Crippen molar-refractivity contribution in [3.05, 3.63) is 84.3 Å². The second-order valence-corrected chi connectivity index (χ2v) is 5.69. The monoisotopic (exact) mass is 424 g/mol. The molecule has 4 aromatic rings. The van der Waals surface area contributed by atoms with Crippen LogP contribution in [0.3, 0.4) is 0 Å². The largest absolute Gasteiger partial charge is 1.00 e. The Labute approximate surface area is 158 Å². The Morgan fingerprint density at radius 2 is 1.38 bits per heavy atom. The molecule has 0 saturated carbocycles. The fourth-order valence-electron chi connectivity index (χ4n) is 2.86. The molecule has 4 rings (SSSR count). The Morgan fingerprint density at radius 1 is 0.750 bits per heavy atom. The van der Waals surface area contributed by atoms with Gasteiger partial charge in [0.1, 0.15) is 7.05 Å². The maximum atomic E-state index is 4.84. The van der Waals surface area contributed by atoms with E-state index in [0.717, 1.165) is 11.2 Å². The lowest BCUT2D eigenvalue weighted by Crippen LogP contribution is -3.00. The fraction of sp³-hybridized carbons (Fsp3) is 0.0476. The quantitative estimate of drug-likeness (QED) is 0.270. The molecule has 0 N–H and O–H groups in total. The molecular weight excluding hydrogens is 407 g/mol. The van der Waals surface area contributed by atoms with Crippen LogP contribution in [0.15, 0.2) is 73.1 Å². The average molecular weight is 424 g/mol. The summed E-state index contributed by atoms with van der Waals surface area (Å²) in [6.07, 6.45) is 8.31. The second-order valence-electron chi connectivity index (χ2n) is 5.69. The van der Waals surface area contributed by atoms with Crippen molar-refractivity contribution in [1.82, 2.24) is 4.98 Å². The lowest BCUT2D eigenvalue weighted by Gasteiger charge is -2.06. The van der Waals surface area contributed by atoms with Crippen molar-refractivity contribution in [2.75, 3.05) is 0 Å². The van der Waals surface area contributed by atoms with E-state index in [4.69, 9.17) is 4.98 Å². The normalized spacial score (nSPS) is 11.0.